The second-order valence-corrected chi connectivity index (χ2v) is 6.82. The topological polar surface area (TPSA) is 32.8 Å². The van der Waals surface area contributed by atoms with E-state index in [0.717, 1.165) is 38.3 Å². The minimum absolute atomic E-state index is 0.187. The molecule has 1 saturated heterocycles. The molecule has 2 rings (SSSR count). The first-order chi connectivity index (χ1) is 11.0. The van der Waals surface area contributed by atoms with E-state index < -0.39 is 0 Å². The molecule has 1 aromatic rings. The molecular formula is C19H30N2O2. The lowest BCUT2D eigenvalue weighted by atomic mass is 10.1. The van der Waals surface area contributed by atoms with Gasteiger partial charge in [-0.15, -0.1) is 0 Å². The summed E-state index contributed by atoms with van der Waals surface area (Å²) in [5.41, 5.74) is 1.19. The Labute approximate surface area is 140 Å². The van der Waals surface area contributed by atoms with Crippen molar-refractivity contribution in [2.75, 3.05) is 26.2 Å². The van der Waals surface area contributed by atoms with E-state index in [0.29, 0.717) is 12.5 Å². The van der Waals surface area contributed by atoms with Crippen LogP contribution in [0.15, 0.2) is 24.3 Å². The van der Waals surface area contributed by atoms with Gasteiger partial charge in [0.15, 0.2) is 0 Å². The molecule has 0 spiro atoms. The average molecular weight is 318 g/mol. The predicted molar refractivity (Wildman–Crippen MR) is 93.8 cm³/mol. The fourth-order valence-electron chi connectivity index (χ4n) is 2.90. The van der Waals surface area contributed by atoms with Crippen LogP contribution < -0.4 is 4.74 Å². The Morgan fingerprint density at radius 2 is 1.65 bits per heavy atom. The first-order valence-electron chi connectivity index (χ1n) is 8.73. The van der Waals surface area contributed by atoms with Crippen molar-refractivity contribution in [3.63, 3.8) is 0 Å². The van der Waals surface area contributed by atoms with Gasteiger partial charge in [-0.3, -0.25) is 9.69 Å². The van der Waals surface area contributed by atoms with Crippen LogP contribution in [0.5, 0.6) is 5.75 Å². The normalized spacial score (nSPS) is 16.2. The molecule has 0 aliphatic carbocycles. The predicted octanol–water partition coefficient (Wildman–Crippen LogP) is 2.96. The number of rotatable bonds is 6. The van der Waals surface area contributed by atoms with Crippen molar-refractivity contribution >= 4 is 5.91 Å². The summed E-state index contributed by atoms with van der Waals surface area (Å²) in [5.74, 6) is 1.16. The van der Waals surface area contributed by atoms with E-state index in [4.69, 9.17) is 4.74 Å². The number of aryl methyl sites for hydroxylation is 1. The van der Waals surface area contributed by atoms with Gasteiger partial charge in [-0.2, -0.15) is 0 Å². The van der Waals surface area contributed by atoms with Crippen molar-refractivity contribution in [3.05, 3.63) is 29.8 Å². The van der Waals surface area contributed by atoms with E-state index in [-0.39, 0.29) is 12.0 Å². The highest BCUT2D eigenvalue weighted by Crippen LogP contribution is 2.15. The number of nitrogens with zero attached hydrogens (tertiary/aromatic N) is 2. The maximum Gasteiger partial charge on any atom is 0.222 e. The molecule has 1 heterocycles. The standard InChI is InChI=1S/C19H30N2O2/c1-15(2)20-11-13-21(14-12-20)19(22)10-7-17-5-8-18(9-6-17)23-16(3)4/h5-6,8-9,15-16H,7,10-14H2,1-4H3. The zero-order chi connectivity index (χ0) is 16.8. The summed E-state index contributed by atoms with van der Waals surface area (Å²) in [6.07, 6.45) is 1.57. The molecule has 0 bridgehead atoms. The molecule has 1 aliphatic heterocycles. The summed E-state index contributed by atoms with van der Waals surface area (Å²) in [7, 11) is 0. The third-order valence-corrected chi connectivity index (χ3v) is 4.32. The molecule has 128 valence electrons. The zero-order valence-corrected chi connectivity index (χ0v) is 14.9. The molecule has 1 amide bonds. The van der Waals surface area contributed by atoms with E-state index >= 15 is 0 Å². The number of carbonyl (C=O) groups excluding carboxylic acids is 1. The number of amides is 1. The number of piperazine rings is 1. The van der Waals surface area contributed by atoms with Crippen LogP contribution in [-0.4, -0.2) is 54.0 Å². The molecule has 4 nitrogen and oxygen atoms in total. The number of hydrogen-bond donors (Lipinski definition) is 0. The lowest BCUT2D eigenvalue weighted by Gasteiger charge is -2.37. The van der Waals surface area contributed by atoms with Crippen LogP contribution in [0.4, 0.5) is 0 Å². The molecule has 0 aromatic heterocycles. The van der Waals surface area contributed by atoms with Crippen LogP contribution in [-0.2, 0) is 11.2 Å². The van der Waals surface area contributed by atoms with Crippen LogP contribution in [0.25, 0.3) is 0 Å². The van der Waals surface area contributed by atoms with Gasteiger partial charge in [0.25, 0.3) is 0 Å². The second kappa shape index (κ2) is 8.34. The van der Waals surface area contributed by atoms with E-state index in [1.807, 2.05) is 30.9 Å². The molecule has 0 radical (unpaired) electrons. The van der Waals surface area contributed by atoms with E-state index in [9.17, 15) is 4.79 Å². The largest absolute Gasteiger partial charge is 0.491 e. The number of carbonyl (C=O) groups is 1. The Morgan fingerprint density at radius 3 is 2.17 bits per heavy atom. The van der Waals surface area contributed by atoms with Crippen LogP contribution in [0.2, 0.25) is 0 Å². The van der Waals surface area contributed by atoms with Gasteiger partial charge in [0.1, 0.15) is 5.75 Å². The number of ether oxygens (including phenoxy) is 1. The molecule has 23 heavy (non-hydrogen) atoms. The third-order valence-electron chi connectivity index (χ3n) is 4.32. The SMILES string of the molecule is CC(C)Oc1ccc(CCC(=O)N2CCN(C(C)C)CC2)cc1. The highest BCUT2D eigenvalue weighted by Gasteiger charge is 2.21. The first kappa shape index (κ1) is 17.8. The molecule has 0 saturated carbocycles. The quantitative estimate of drug-likeness (QED) is 0.808. The van der Waals surface area contributed by atoms with Gasteiger partial charge in [0.2, 0.25) is 5.91 Å². The van der Waals surface area contributed by atoms with Gasteiger partial charge in [-0.25, -0.2) is 0 Å². The smallest absolute Gasteiger partial charge is 0.222 e. The maximum absolute atomic E-state index is 12.3. The Balaban J connectivity index is 1.76. The van der Waals surface area contributed by atoms with Crippen molar-refractivity contribution in [2.45, 2.75) is 52.7 Å². The highest BCUT2D eigenvalue weighted by molar-refractivity contribution is 5.76. The molecular weight excluding hydrogens is 288 g/mol. The molecule has 1 aromatic carbocycles. The number of benzene rings is 1. The van der Waals surface area contributed by atoms with Gasteiger partial charge in [0, 0.05) is 38.6 Å². The summed E-state index contributed by atoms with van der Waals surface area (Å²) in [4.78, 5) is 16.8. The third kappa shape index (κ3) is 5.54. The highest BCUT2D eigenvalue weighted by atomic mass is 16.5. The van der Waals surface area contributed by atoms with E-state index in [2.05, 4.69) is 30.9 Å². The van der Waals surface area contributed by atoms with Gasteiger partial charge < -0.3 is 9.64 Å². The maximum atomic E-state index is 12.3. The van der Waals surface area contributed by atoms with Crippen molar-refractivity contribution in [1.29, 1.82) is 0 Å². The molecule has 0 atom stereocenters. The van der Waals surface area contributed by atoms with Crippen molar-refractivity contribution in [1.82, 2.24) is 9.80 Å². The lowest BCUT2D eigenvalue weighted by molar-refractivity contribution is -0.133. The Kier molecular flexibility index (Phi) is 6.46. The molecule has 1 fully saturated rings. The Morgan fingerprint density at radius 1 is 1.04 bits per heavy atom. The monoisotopic (exact) mass is 318 g/mol. The summed E-state index contributed by atoms with van der Waals surface area (Å²) >= 11 is 0. The van der Waals surface area contributed by atoms with E-state index in [1.165, 1.54) is 5.56 Å². The number of hydrogen-bond acceptors (Lipinski definition) is 3. The van der Waals surface area contributed by atoms with Gasteiger partial charge in [-0.1, -0.05) is 12.1 Å². The van der Waals surface area contributed by atoms with Crippen LogP contribution in [0, 0.1) is 0 Å². The lowest BCUT2D eigenvalue weighted by Crippen LogP contribution is -2.50. The van der Waals surface area contributed by atoms with Crippen LogP contribution >= 0.6 is 0 Å². The zero-order valence-electron chi connectivity index (χ0n) is 14.9. The van der Waals surface area contributed by atoms with Crippen molar-refractivity contribution in [3.8, 4) is 5.75 Å². The summed E-state index contributed by atoms with van der Waals surface area (Å²) < 4.78 is 5.64. The molecule has 4 heteroatoms. The molecule has 0 unspecified atom stereocenters. The minimum atomic E-state index is 0.187. The fraction of sp³-hybridized carbons (Fsp3) is 0.632. The first-order valence-corrected chi connectivity index (χ1v) is 8.73. The van der Waals surface area contributed by atoms with Gasteiger partial charge in [-0.05, 0) is 51.8 Å². The van der Waals surface area contributed by atoms with Gasteiger partial charge >= 0.3 is 0 Å². The summed E-state index contributed by atoms with van der Waals surface area (Å²) in [6, 6.07) is 8.66. The molecule has 1 aliphatic rings. The van der Waals surface area contributed by atoms with Crippen molar-refractivity contribution in [2.24, 2.45) is 0 Å². The molecule has 0 N–H and O–H groups in total. The van der Waals surface area contributed by atoms with Crippen LogP contribution in [0.3, 0.4) is 0 Å². The van der Waals surface area contributed by atoms with Gasteiger partial charge in [0.05, 0.1) is 6.10 Å². The summed E-state index contributed by atoms with van der Waals surface area (Å²) in [5, 5.41) is 0. The summed E-state index contributed by atoms with van der Waals surface area (Å²) in [6.45, 7) is 12.2. The Bertz CT molecular complexity index is 489. The Hall–Kier alpha value is -1.55. The average Bonchev–Trinajstić information content (AvgIpc) is 2.53. The van der Waals surface area contributed by atoms with Crippen LogP contribution in [0.1, 0.15) is 39.7 Å². The van der Waals surface area contributed by atoms with E-state index in [1.54, 1.807) is 0 Å². The second-order valence-electron chi connectivity index (χ2n) is 6.82. The minimum Gasteiger partial charge on any atom is -0.491 e. The van der Waals surface area contributed by atoms with Crippen molar-refractivity contribution < 1.29 is 9.53 Å². The fourth-order valence-corrected chi connectivity index (χ4v) is 2.90.